The molecule has 2 aromatic heterocycles. The number of aromatic nitrogens is 3. The second kappa shape index (κ2) is 4.21. The fraction of sp³-hybridized carbons (Fsp3) is 0.538. The third kappa shape index (κ3) is 2.43. The molecule has 0 bridgehead atoms. The molecule has 0 N–H and O–H groups in total. The van der Waals surface area contributed by atoms with Crippen LogP contribution in [-0.4, -0.2) is 20.9 Å². The van der Waals surface area contributed by atoms with Gasteiger partial charge in [-0.05, 0) is 18.4 Å². The Kier molecular flexibility index (Phi) is 2.76. The van der Waals surface area contributed by atoms with Crippen LogP contribution in [0.1, 0.15) is 31.4 Å². The topological polar surface area (TPSA) is 30.7 Å². The number of fused-ring (bicyclic) bond motifs is 1. The van der Waals surface area contributed by atoms with E-state index in [0.717, 1.165) is 23.2 Å². The first kappa shape index (κ1) is 12.4. The third-order valence-electron chi connectivity index (χ3n) is 3.70. The van der Waals surface area contributed by atoms with E-state index in [1.165, 1.54) is 6.20 Å². The van der Waals surface area contributed by atoms with Crippen LogP contribution < -0.4 is 0 Å². The predicted molar refractivity (Wildman–Crippen MR) is 64.7 cm³/mol. The number of hydrogen-bond acceptors (Lipinski definition) is 2. The fourth-order valence-electron chi connectivity index (χ4n) is 2.55. The molecule has 0 unspecified atom stereocenters. The van der Waals surface area contributed by atoms with E-state index in [1.807, 2.05) is 0 Å². The molecule has 0 amide bonds. The maximum absolute atomic E-state index is 12.5. The molecule has 0 aromatic carbocycles. The van der Waals surface area contributed by atoms with Crippen LogP contribution >= 0.6 is 0 Å². The average molecular weight is 269 g/mol. The highest BCUT2D eigenvalue weighted by molar-refractivity contribution is 5.78. The van der Waals surface area contributed by atoms with Gasteiger partial charge in [-0.1, -0.05) is 13.3 Å². The van der Waals surface area contributed by atoms with Gasteiger partial charge < -0.3 is 0 Å². The lowest BCUT2D eigenvalue weighted by molar-refractivity contribution is -0.141. The molecule has 2 aromatic rings. The standard InChI is InChI=1S/C13H14F3N3/c1-2-8-3-10(8)11-4-12-9(5-17-11)6-18-19(12)7-13(14,15)16/h4-6,8,10H,2-3,7H2,1H3/t8-,10-/m0/s1. The Labute approximate surface area is 108 Å². The van der Waals surface area contributed by atoms with E-state index in [1.54, 1.807) is 12.3 Å². The van der Waals surface area contributed by atoms with Crippen LogP contribution in [0.25, 0.3) is 10.9 Å². The zero-order chi connectivity index (χ0) is 13.6. The van der Waals surface area contributed by atoms with Crippen LogP contribution in [0.3, 0.4) is 0 Å². The summed E-state index contributed by atoms with van der Waals surface area (Å²) >= 11 is 0. The fourth-order valence-corrected chi connectivity index (χ4v) is 2.55. The summed E-state index contributed by atoms with van der Waals surface area (Å²) in [6.45, 7) is 1.07. The van der Waals surface area contributed by atoms with E-state index in [2.05, 4.69) is 17.0 Å². The van der Waals surface area contributed by atoms with Crippen molar-refractivity contribution in [1.82, 2.24) is 14.8 Å². The molecule has 0 saturated heterocycles. The molecule has 0 aliphatic heterocycles. The lowest BCUT2D eigenvalue weighted by Crippen LogP contribution is -2.18. The molecular weight excluding hydrogens is 255 g/mol. The van der Waals surface area contributed by atoms with Crippen LogP contribution in [0.4, 0.5) is 13.2 Å². The van der Waals surface area contributed by atoms with Gasteiger partial charge in [-0.3, -0.25) is 9.67 Å². The number of halogens is 3. The van der Waals surface area contributed by atoms with Gasteiger partial charge in [0.15, 0.2) is 0 Å². The molecule has 1 fully saturated rings. The number of alkyl halides is 3. The minimum Gasteiger partial charge on any atom is -0.260 e. The van der Waals surface area contributed by atoms with E-state index in [4.69, 9.17) is 0 Å². The van der Waals surface area contributed by atoms with Gasteiger partial charge in [0.25, 0.3) is 0 Å². The molecule has 1 aliphatic carbocycles. The molecule has 19 heavy (non-hydrogen) atoms. The lowest BCUT2D eigenvalue weighted by Gasteiger charge is -2.08. The van der Waals surface area contributed by atoms with E-state index in [0.29, 0.717) is 22.7 Å². The van der Waals surface area contributed by atoms with Crippen LogP contribution in [0.15, 0.2) is 18.5 Å². The average Bonchev–Trinajstić information content (AvgIpc) is 3.04. The van der Waals surface area contributed by atoms with Crippen LogP contribution in [0.5, 0.6) is 0 Å². The van der Waals surface area contributed by atoms with Gasteiger partial charge in [-0.25, -0.2) is 0 Å². The van der Waals surface area contributed by atoms with Crippen molar-refractivity contribution in [3.8, 4) is 0 Å². The van der Waals surface area contributed by atoms with Gasteiger partial charge >= 0.3 is 6.18 Å². The summed E-state index contributed by atoms with van der Waals surface area (Å²) in [5.41, 5.74) is 1.41. The van der Waals surface area contributed by atoms with Crippen LogP contribution in [0.2, 0.25) is 0 Å². The maximum Gasteiger partial charge on any atom is 0.408 e. The van der Waals surface area contributed by atoms with E-state index >= 15 is 0 Å². The molecule has 0 radical (unpaired) electrons. The van der Waals surface area contributed by atoms with Crippen molar-refractivity contribution >= 4 is 10.9 Å². The summed E-state index contributed by atoms with van der Waals surface area (Å²) in [4.78, 5) is 4.34. The number of hydrogen-bond donors (Lipinski definition) is 0. The summed E-state index contributed by atoms with van der Waals surface area (Å²) in [5.74, 6) is 1.03. The van der Waals surface area contributed by atoms with Crippen molar-refractivity contribution in [3.63, 3.8) is 0 Å². The predicted octanol–water partition coefficient (Wildman–Crippen LogP) is 3.51. The first-order valence-corrected chi connectivity index (χ1v) is 6.36. The van der Waals surface area contributed by atoms with Gasteiger partial charge in [0, 0.05) is 23.2 Å². The molecule has 3 nitrogen and oxygen atoms in total. The summed E-state index contributed by atoms with van der Waals surface area (Å²) in [6.07, 6.45) is 0.972. The smallest absolute Gasteiger partial charge is 0.260 e. The van der Waals surface area contributed by atoms with Crippen molar-refractivity contribution < 1.29 is 13.2 Å². The van der Waals surface area contributed by atoms with Crippen molar-refractivity contribution in [2.45, 2.75) is 38.4 Å². The van der Waals surface area contributed by atoms with E-state index < -0.39 is 12.7 Å². The largest absolute Gasteiger partial charge is 0.408 e. The SMILES string of the molecule is CC[C@H]1C[C@@H]1c1cc2c(cn1)cnn2CC(F)(F)F. The highest BCUT2D eigenvalue weighted by Gasteiger charge is 2.38. The normalized spacial score (nSPS) is 22.9. The van der Waals surface area contributed by atoms with Crippen molar-refractivity contribution in [1.29, 1.82) is 0 Å². The molecule has 2 atom stereocenters. The Morgan fingerprint density at radius 1 is 1.37 bits per heavy atom. The summed E-state index contributed by atoms with van der Waals surface area (Å²) in [5, 5.41) is 4.45. The number of rotatable bonds is 3. The first-order chi connectivity index (χ1) is 8.98. The quantitative estimate of drug-likeness (QED) is 0.853. The molecule has 3 rings (SSSR count). The lowest BCUT2D eigenvalue weighted by atomic mass is 10.1. The molecule has 102 valence electrons. The molecule has 6 heteroatoms. The van der Waals surface area contributed by atoms with Crippen LogP contribution in [0, 0.1) is 5.92 Å². The highest BCUT2D eigenvalue weighted by Crippen LogP contribution is 2.48. The van der Waals surface area contributed by atoms with Gasteiger partial charge in [0.05, 0.1) is 11.7 Å². The summed E-state index contributed by atoms with van der Waals surface area (Å²) in [7, 11) is 0. The number of pyridine rings is 1. The van der Waals surface area contributed by atoms with Crippen LogP contribution in [-0.2, 0) is 6.54 Å². The van der Waals surface area contributed by atoms with Crippen molar-refractivity contribution in [3.05, 3.63) is 24.2 Å². The van der Waals surface area contributed by atoms with Gasteiger partial charge in [0.2, 0.25) is 0 Å². The van der Waals surface area contributed by atoms with E-state index in [-0.39, 0.29) is 0 Å². The Morgan fingerprint density at radius 3 is 2.79 bits per heavy atom. The third-order valence-corrected chi connectivity index (χ3v) is 3.70. The van der Waals surface area contributed by atoms with Crippen molar-refractivity contribution in [2.24, 2.45) is 5.92 Å². The molecule has 0 spiro atoms. The molecule has 2 heterocycles. The van der Waals surface area contributed by atoms with Crippen molar-refractivity contribution in [2.75, 3.05) is 0 Å². The minimum absolute atomic E-state index is 0.406. The Morgan fingerprint density at radius 2 is 2.16 bits per heavy atom. The van der Waals surface area contributed by atoms with Gasteiger partial charge in [-0.2, -0.15) is 18.3 Å². The monoisotopic (exact) mass is 269 g/mol. The summed E-state index contributed by atoms with van der Waals surface area (Å²) < 4.78 is 38.4. The zero-order valence-corrected chi connectivity index (χ0v) is 10.5. The Balaban J connectivity index is 1.94. The number of nitrogens with zero attached hydrogens (tertiary/aromatic N) is 3. The molecular formula is C13H14F3N3. The molecule has 1 aliphatic rings. The van der Waals surface area contributed by atoms with Gasteiger partial charge in [-0.15, -0.1) is 0 Å². The minimum atomic E-state index is -4.26. The highest BCUT2D eigenvalue weighted by atomic mass is 19.4. The Hall–Kier alpha value is -1.59. The molecule has 1 saturated carbocycles. The Bertz CT molecular complexity index is 603. The second-order valence-corrected chi connectivity index (χ2v) is 5.10. The second-order valence-electron chi connectivity index (χ2n) is 5.10. The van der Waals surface area contributed by atoms with E-state index in [9.17, 15) is 13.2 Å². The zero-order valence-electron chi connectivity index (χ0n) is 10.5. The maximum atomic E-state index is 12.5. The summed E-state index contributed by atoms with van der Waals surface area (Å²) in [6, 6.07) is 1.76. The first-order valence-electron chi connectivity index (χ1n) is 6.36. The van der Waals surface area contributed by atoms with Gasteiger partial charge in [0.1, 0.15) is 6.54 Å².